The zero-order valence-corrected chi connectivity index (χ0v) is 6.08. The van der Waals surface area contributed by atoms with Crippen molar-refractivity contribution in [3.05, 3.63) is 8.90 Å². The Morgan fingerprint density at radius 1 is 1.80 bits per heavy atom. The van der Waals surface area contributed by atoms with Crippen LogP contribution in [0.2, 0.25) is 0 Å². The minimum atomic E-state index is 1.23. The second kappa shape index (κ2) is 2.95. The Morgan fingerprint density at radius 3 is 2.00 bits per heavy atom. The van der Waals surface area contributed by atoms with Crippen LogP contribution in [0.5, 0.6) is 0 Å². The summed E-state index contributed by atoms with van der Waals surface area (Å²) >= 11 is 1.23. The molecule has 0 amide bonds. The summed E-state index contributed by atoms with van der Waals surface area (Å²) in [5.41, 5.74) is 0. The van der Waals surface area contributed by atoms with Gasteiger partial charge in [0.15, 0.2) is 0 Å². The van der Waals surface area contributed by atoms with Gasteiger partial charge in [-0.05, 0) is 0 Å². The molecule has 0 N–H and O–H groups in total. The van der Waals surface area contributed by atoms with Gasteiger partial charge in [0.05, 0.1) is 0 Å². The second-order valence-corrected chi connectivity index (χ2v) is 2.94. The first-order valence-corrected chi connectivity index (χ1v) is 2.87. The molecular weight excluding hydrogens is 71.0 g/mol. The van der Waals surface area contributed by atoms with Crippen LogP contribution in [0.4, 0.5) is 0 Å². The zero-order valence-electron chi connectivity index (χ0n) is 4.08. The van der Waals surface area contributed by atoms with Crippen molar-refractivity contribution in [3.63, 3.8) is 0 Å². The average Bonchev–Trinajstić information content (AvgIpc) is 1.38. The molecule has 0 rings (SSSR count). The van der Waals surface area contributed by atoms with Gasteiger partial charge < -0.3 is 0 Å². The third kappa shape index (κ3) is 4.74. The Hall–Kier alpha value is 0.740. The van der Waals surface area contributed by atoms with E-state index in [0.29, 0.717) is 0 Å². The van der Waals surface area contributed by atoms with E-state index in [0.717, 1.165) is 0 Å². The number of hydrogen-bond acceptors (Lipinski definition) is 0. The molecule has 5 heavy (non-hydrogen) atoms. The van der Waals surface area contributed by atoms with Gasteiger partial charge >= 0.3 is 50.7 Å². The van der Waals surface area contributed by atoms with Crippen molar-refractivity contribution in [3.8, 4) is 0 Å². The molecule has 0 aliphatic carbocycles. The van der Waals surface area contributed by atoms with Crippen LogP contribution >= 0.6 is 0 Å². The normalized spacial score (nSPS) is 12.4. The van der Waals surface area contributed by atoms with E-state index in [9.17, 15) is 0 Å². The van der Waals surface area contributed by atoms with Crippen LogP contribution in [0.1, 0.15) is 13.8 Å². The maximum atomic E-state index is 2.15. The molecule has 0 aliphatic rings. The molecule has 0 saturated carbocycles. The molecule has 0 bridgehead atoms. The van der Waals surface area contributed by atoms with Crippen molar-refractivity contribution >= 4 is 27.9 Å². The summed E-state index contributed by atoms with van der Waals surface area (Å²) in [4.78, 5) is 0. The van der Waals surface area contributed by atoms with Gasteiger partial charge in [-0.25, -0.2) is 0 Å². The average molecular weight is 78.1 g/mol. The summed E-state index contributed by atoms with van der Waals surface area (Å²) in [6, 6.07) is 0. The molecule has 0 nitrogen and oxygen atoms in total. The molecular formula is C4H7Na. The predicted molar refractivity (Wildman–Crippen MR) is 25.2 cm³/mol. The zero-order chi connectivity index (χ0) is 4.28. The third-order valence-corrected chi connectivity index (χ3v) is 1.15. The molecule has 0 spiro atoms. The predicted octanol–water partition coefficient (Wildman–Crippen LogP) is 1.08. The van der Waals surface area contributed by atoms with Crippen LogP contribution in [0.3, 0.4) is 0 Å². The van der Waals surface area contributed by atoms with E-state index in [-0.39, 0.29) is 0 Å². The first-order valence-electron chi connectivity index (χ1n) is 1.87. The van der Waals surface area contributed by atoms with Crippen molar-refractivity contribution in [2.75, 3.05) is 0 Å². The maximum absolute atomic E-state index is 2.15. The Labute approximate surface area is 50.7 Å². The Morgan fingerprint density at radius 2 is 2.00 bits per heavy atom. The van der Waals surface area contributed by atoms with Crippen LogP contribution in [0, 0.1) is 0 Å². The molecule has 0 fully saturated rings. The monoisotopic (exact) mass is 78.0 g/mol. The van der Waals surface area contributed by atoms with Crippen molar-refractivity contribution in [2.45, 2.75) is 13.8 Å². The van der Waals surface area contributed by atoms with E-state index in [1.165, 1.54) is 30.8 Å². The van der Waals surface area contributed by atoms with E-state index in [4.69, 9.17) is 0 Å². The van der Waals surface area contributed by atoms with E-state index < -0.39 is 0 Å². The third-order valence-electron chi connectivity index (χ3n) is 0.577. The van der Waals surface area contributed by atoms with E-state index in [2.05, 4.69) is 19.9 Å². The molecule has 24 valence electrons. The summed E-state index contributed by atoms with van der Waals surface area (Å²) in [5, 5.41) is 0. The number of rotatable bonds is 0. The Bertz CT molecular complexity index is 41.6. The Balaban J connectivity index is 3.14. The molecule has 0 atom stereocenters. The fourth-order valence-electron chi connectivity index (χ4n) is 0. The first-order chi connectivity index (χ1) is 2.27. The fourth-order valence-corrected chi connectivity index (χ4v) is 0. The van der Waals surface area contributed by atoms with Gasteiger partial charge in [-0.3, -0.25) is 0 Å². The minimum absolute atomic E-state index is 1.23. The number of allylic oxidation sites excluding steroid dienone is 2. The van der Waals surface area contributed by atoms with Gasteiger partial charge in [-0.15, -0.1) is 0 Å². The molecule has 0 aromatic heterocycles. The summed E-state index contributed by atoms with van der Waals surface area (Å²) in [5.74, 6) is 0. The van der Waals surface area contributed by atoms with Crippen molar-refractivity contribution in [1.82, 2.24) is 0 Å². The van der Waals surface area contributed by atoms with Gasteiger partial charge in [-0.1, -0.05) is 0 Å². The van der Waals surface area contributed by atoms with Crippen LogP contribution < -0.4 is 0 Å². The fraction of sp³-hybridized carbons (Fsp3) is 0.500. The van der Waals surface area contributed by atoms with Gasteiger partial charge in [0.25, 0.3) is 0 Å². The molecule has 0 unspecified atom stereocenters. The van der Waals surface area contributed by atoms with Crippen LogP contribution in [0.25, 0.3) is 0 Å². The molecule has 0 radical (unpaired) electrons. The van der Waals surface area contributed by atoms with E-state index in [1.54, 1.807) is 0 Å². The molecule has 0 heterocycles. The standard InChI is InChI=1S/C4H7.Na/c1-3-4-2;/h3H,1-2H3;. The molecule has 0 aromatic rings. The molecule has 0 aliphatic heterocycles. The van der Waals surface area contributed by atoms with Crippen molar-refractivity contribution in [2.24, 2.45) is 0 Å². The van der Waals surface area contributed by atoms with Crippen LogP contribution in [0.15, 0.2) is 8.90 Å². The SMILES string of the molecule is CC=[C](C)[Na]. The summed E-state index contributed by atoms with van der Waals surface area (Å²) in [6.07, 6.45) is 2.15. The Kier molecular flexibility index (Phi) is 3.39. The summed E-state index contributed by atoms with van der Waals surface area (Å²) in [7, 11) is 0. The topological polar surface area (TPSA) is 0 Å². The molecule has 0 aromatic carbocycles. The van der Waals surface area contributed by atoms with Crippen molar-refractivity contribution in [1.29, 1.82) is 0 Å². The van der Waals surface area contributed by atoms with Gasteiger partial charge in [0.2, 0.25) is 0 Å². The van der Waals surface area contributed by atoms with E-state index in [1.807, 2.05) is 0 Å². The quantitative estimate of drug-likeness (QED) is 0.380. The first kappa shape index (κ1) is 5.74. The summed E-state index contributed by atoms with van der Waals surface area (Å²) in [6.45, 7) is 4.22. The van der Waals surface area contributed by atoms with Gasteiger partial charge in [-0.2, -0.15) is 0 Å². The van der Waals surface area contributed by atoms with Gasteiger partial charge in [0, 0.05) is 0 Å². The second-order valence-electron chi connectivity index (χ2n) is 1.37. The number of hydrogen-bond donors (Lipinski definition) is 0. The van der Waals surface area contributed by atoms with Crippen LogP contribution in [-0.2, 0) is 0 Å². The van der Waals surface area contributed by atoms with Crippen LogP contribution in [-0.4, -0.2) is 27.9 Å². The van der Waals surface area contributed by atoms with E-state index >= 15 is 0 Å². The molecule has 0 saturated heterocycles. The van der Waals surface area contributed by atoms with Gasteiger partial charge in [0.1, 0.15) is 0 Å². The van der Waals surface area contributed by atoms with Crippen molar-refractivity contribution < 1.29 is 0 Å². The summed E-state index contributed by atoms with van der Waals surface area (Å²) < 4.78 is 1.52. The molecule has 1 heteroatoms.